The number of aliphatic hydroxyl groups is 1. The second-order valence-electron chi connectivity index (χ2n) is 2.86. The number of rotatable bonds is 3. The van der Waals surface area contributed by atoms with Crippen molar-refractivity contribution in [1.29, 1.82) is 0 Å². The van der Waals surface area contributed by atoms with Crippen LogP contribution >= 0.6 is 0 Å². The second-order valence-corrected chi connectivity index (χ2v) is 2.86. The molecule has 0 fully saturated rings. The van der Waals surface area contributed by atoms with E-state index in [1.165, 1.54) is 6.92 Å². The molecule has 0 radical (unpaired) electrons. The van der Waals surface area contributed by atoms with Gasteiger partial charge in [-0.1, -0.05) is 0 Å². The minimum Gasteiger partial charge on any atom is -0.491 e. The van der Waals surface area contributed by atoms with Crippen molar-refractivity contribution in [2.24, 2.45) is 0 Å². The zero-order valence-electron chi connectivity index (χ0n) is 7.43. The fraction of sp³-hybridized carbons (Fsp3) is 0.333. The van der Waals surface area contributed by atoms with Gasteiger partial charge in [0.15, 0.2) is 17.5 Å². The molecule has 1 atom stereocenters. The van der Waals surface area contributed by atoms with E-state index in [0.29, 0.717) is 0 Å². The van der Waals surface area contributed by atoms with Crippen LogP contribution in [0.25, 0.3) is 0 Å². The SMILES string of the molecule is C[C@@H](O)COc1cc(F)c(F)c(F)c1. The molecule has 2 nitrogen and oxygen atoms in total. The van der Waals surface area contributed by atoms with Gasteiger partial charge in [0.1, 0.15) is 12.4 Å². The summed E-state index contributed by atoms with van der Waals surface area (Å²) >= 11 is 0. The lowest BCUT2D eigenvalue weighted by Crippen LogP contribution is -2.13. The van der Waals surface area contributed by atoms with Crippen LogP contribution < -0.4 is 4.74 Å². The standard InChI is InChI=1S/C9H9F3O2/c1-5(13)4-14-6-2-7(10)9(12)8(11)3-6/h2-3,5,13H,4H2,1H3/t5-/m1/s1. The van der Waals surface area contributed by atoms with Crippen molar-refractivity contribution in [2.75, 3.05) is 6.61 Å². The molecule has 0 spiro atoms. The first-order valence-corrected chi connectivity index (χ1v) is 3.96. The number of aliphatic hydroxyl groups excluding tert-OH is 1. The molecular formula is C9H9F3O2. The van der Waals surface area contributed by atoms with E-state index < -0.39 is 23.6 Å². The van der Waals surface area contributed by atoms with Crippen LogP contribution in [0, 0.1) is 17.5 Å². The van der Waals surface area contributed by atoms with E-state index in [1.54, 1.807) is 0 Å². The van der Waals surface area contributed by atoms with Crippen LogP contribution in [0.15, 0.2) is 12.1 Å². The zero-order chi connectivity index (χ0) is 10.7. The van der Waals surface area contributed by atoms with Crippen LogP contribution in [0.1, 0.15) is 6.92 Å². The molecule has 0 saturated heterocycles. The molecule has 0 aliphatic heterocycles. The molecule has 0 unspecified atom stereocenters. The van der Waals surface area contributed by atoms with Crippen LogP contribution in [0.2, 0.25) is 0 Å². The molecule has 0 amide bonds. The Morgan fingerprint density at radius 2 is 1.79 bits per heavy atom. The topological polar surface area (TPSA) is 29.5 Å². The van der Waals surface area contributed by atoms with E-state index in [2.05, 4.69) is 0 Å². The molecular weight excluding hydrogens is 197 g/mol. The zero-order valence-corrected chi connectivity index (χ0v) is 7.43. The predicted molar refractivity (Wildman–Crippen MR) is 43.5 cm³/mol. The van der Waals surface area contributed by atoms with Crippen molar-refractivity contribution in [2.45, 2.75) is 13.0 Å². The van der Waals surface area contributed by atoms with Crippen molar-refractivity contribution in [3.8, 4) is 5.75 Å². The van der Waals surface area contributed by atoms with Crippen molar-refractivity contribution < 1.29 is 23.0 Å². The van der Waals surface area contributed by atoms with Crippen LogP contribution in [-0.2, 0) is 0 Å². The molecule has 1 aromatic rings. The summed E-state index contributed by atoms with van der Waals surface area (Å²) in [5.41, 5.74) is 0. The van der Waals surface area contributed by atoms with Gasteiger partial charge in [-0.2, -0.15) is 0 Å². The second kappa shape index (κ2) is 4.32. The molecule has 14 heavy (non-hydrogen) atoms. The fourth-order valence-corrected chi connectivity index (χ4v) is 0.832. The molecule has 0 saturated carbocycles. The van der Waals surface area contributed by atoms with Gasteiger partial charge in [0.2, 0.25) is 0 Å². The highest BCUT2D eigenvalue weighted by Crippen LogP contribution is 2.19. The van der Waals surface area contributed by atoms with E-state index >= 15 is 0 Å². The van der Waals surface area contributed by atoms with Gasteiger partial charge in [-0.25, -0.2) is 13.2 Å². The fourth-order valence-electron chi connectivity index (χ4n) is 0.832. The number of hydrogen-bond acceptors (Lipinski definition) is 2. The van der Waals surface area contributed by atoms with Crippen LogP contribution in [-0.4, -0.2) is 17.8 Å². The molecule has 0 heterocycles. The molecule has 0 aromatic heterocycles. The maximum Gasteiger partial charge on any atom is 0.194 e. The maximum absolute atomic E-state index is 12.6. The highest BCUT2D eigenvalue weighted by atomic mass is 19.2. The summed E-state index contributed by atoms with van der Waals surface area (Å²) in [7, 11) is 0. The van der Waals surface area contributed by atoms with E-state index in [0.717, 1.165) is 12.1 Å². The summed E-state index contributed by atoms with van der Waals surface area (Å²) in [5.74, 6) is -4.31. The Hall–Kier alpha value is -1.23. The van der Waals surface area contributed by atoms with E-state index in [1.807, 2.05) is 0 Å². The first-order valence-electron chi connectivity index (χ1n) is 3.96. The van der Waals surface area contributed by atoms with Gasteiger partial charge >= 0.3 is 0 Å². The average Bonchev–Trinajstić information content (AvgIpc) is 2.10. The first kappa shape index (κ1) is 10.8. The molecule has 78 valence electrons. The third-order valence-corrected chi connectivity index (χ3v) is 1.45. The van der Waals surface area contributed by atoms with Crippen LogP contribution in [0.5, 0.6) is 5.75 Å². The Kier molecular flexibility index (Phi) is 3.35. The van der Waals surface area contributed by atoms with E-state index in [4.69, 9.17) is 9.84 Å². The summed E-state index contributed by atoms with van der Waals surface area (Å²) in [6.45, 7) is 1.35. The van der Waals surface area contributed by atoms with Crippen molar-refractivity contribution in [1.82, 2.24) is 0 Å². The average molecular weight is 206 g/mol. The number of halogens is 3. The van der Waals surface area contributed by atoms with Gasteiger partial charge < -0.3 is 9.84 Å². The molecule has 1 N–H and O–H groups in total. The third kappa shape index (κ3) is 2.63. The van der Waals surface area contributed by atoms with Gasteiger partial charge in [0, 0.05) is 12.1 Å². The van der Waals surface area contributed by atoms with E-state index in [-0.39, 0.29) is 12.4 Å². The Labute approximate surface area is 78.9 Å². The summed E-state index contributed by atoms with van der Waals surface area (Å²) < 4.78 is 42.5. The number of ether oxygens (including phenoxy) is 1. The lowest BCUT2D eigenvalue weighted by molar-refractivity contribution is 0.122. The Morgan fingerprint density at radius 3 is 2.21 bits per heavy atom. The van der Waals surface area contributed by atoms with Gasteiger partial charge in [-0.05, 0) is 6.92 Å². The first-order chi connectivity index (χ1) is 6.50. The Morgan fingerprint density at radius 1 is 1.29 bits per heavy atom. The molecule has 1 aromatic carbocycles. The van der Waals surface area contributed by atoms with E-state index in [9.17, 15) is 13.2 Å². The lowest BCUT2D eigenvalue weighted by atomic mass is 10.3. The Balaban J connectivity index is 2.79. The normalized spacial score (nSPS) is 12.6. The van der Waals surface area contributed by atoms with Gasteiger partial charge in [0.25, 0.3) is 0 Å². The maximum atomic E-state index is 12.6. The quantitative estimate of drug-likeness (QED) is 0.765. The summed E-state index contributed by atoms with van der Waals surface area (Å²) in [6, 6.07) is 1.45. The Bertz CT molecular complexity index is 303. The minimum atomic E-state index is -1.53. The molecule has 0 aliphatic carbocycles. The smallest absolute Gasteiger partial charge is 0.194 e. The van der Waals surface area contributed by atoms with Gasteiger partial charge in [-0.3, -0.25) is 0 Å². The largest absolute Gasteiger partial charge is 0.491 e. The molecule has 5 heteroatoms. The monoisotopic (exact) mass is 206 g/mol. The minimum absolute atomic E-state index is 0.107. The van der Waals surface area contributed by atoms with Crippen molar-refractivity contribution in [3.63, 3.8) is 0 Å². The molecule has 1 rings (SSSR count). The highest BCUT2D eigenvalue weighted by molar-refractivity contribution is 5.25. The van der Waals surface area contributed by atoms with Gasteiger partial charge in [0.05, 0.1) is 6.10 Å². The predicted octanol–water partition coefficient (Wildman–Crippen LogP) is 1.86. The number of benzene rings is 1. The lowest BCUT2D eigenvalue weighted by Gasteiger charge is -2.08. The highest BCUT2D eigenvalue weighted by Gasteiger charge is 2.11. The van der Waals surface area contributed by atoms with Crippen LogP contribution in [0.4, 0.5) is 13.2 Å². The third-order valence-electron chi connectivity index (χ3n) is 1.45. The molecule has 0 aliphatic rings. The summed E-state index contributed by atoms with van der Waals surface area (Å²) in [5, 5.41) is 8.82. The summed E-state index contributed by atoms with van der Waals surface area (Å²) in [6.07, 6.45) is -0.758. The van der Waals surface area contributed by atoms with Crippen molar-refractivity contribution >= 4 is 0 Å². The summed E-state index contributed by atoms with van der Waals surface area (Å²) in [4.78, 5) is 0. The van der Waals surface area contributed by atoms with Crippen LogP contribution in [0.3, 0.4) is 0 Å². The number of hydrogen-bond donors (Lipinski definition) is 1. The van der Waals surface area contributed by atoms with Gasteiger partial charge in [-0.15, -0.1) is 0 Å². The molecule has 0 bridgehead atoms. The van der Waals surface area contributed by atoms with Crippen molar-refractivity contribution in [3.05, 3.63) is 29.6 Å².